The number of nitrogens with one attached hydrogen (secondary N) is 2. The van der Waals surface area contributed by atoms with Crippen molar-refractivity contribution in [2.45, 2.75) is 58.0 Å². The molecule has 0 spiro atoms. The van der Waals surface area contributed by atoms with Gasteiger partial charge in [-0.2, -0.15) is 0 Å². The monoisotopic (exact) mass is 561 g/mol. The van der Waals surface area contributed by atoms with Gasteiger partial charge < -0.3 is 21.1 Å². The van der Waals surface area contributed by atoms with E-state index < -0.39 is 17.6 Å². The van der Waals surface area contributed by atoms with Crippen LogP contribution < -0.4 is 16.4 Å². The summed E-state index contributed by atoms with van der Waals surface area (Å²) < 4.78 is 5.33. The van der Waals surface area contributed by atoms with E-state index in [1.165, 1.54) is 0 Å². The molecule has 1 atom stereocenters. The Morgan fingerprint density at radius 2 is 1.62 bits per heavy atom. The van der Waals surface area contributed by atoms with Crippen molar-refractivity contribution in [3.05, 3.63) is 82.0 Å². The van der Waals surface area contributed by atoms with E-state index in [0.717, 1.165) is 47.3 Å². The molecule has 4 N–H and O–H groups in total. The third-order valence-corrected chi connectivity index (χ3v) is 8.35. The van der Waals surface area contributed by atoms with E-state index >= 15 is 0 Å². The predicted octanol–water partition coefficient (Wildman–Crippen LogP) is 6.09. The predicted molar refractivity (Wildman–Crippen MR) is 159 cm³/mol. The van der Waals surface area contributed by atoms with Crippen LogP contribution in [-0.4, -0.2) is 36.6 Å². The molecule has 0 radical (unpaired) electrons. The Morgan fingerprint density at radius 3 is 2.25 bits per heavy atom. The third-order valence-electron chi connectivity index (χ3n) is 7.30. The lowest BCUT2D eigenvalue weighted by Gasteiger charge is -2.29. The van der Waals surface area contributed by atoms with Gasteiger partial charge in [0, 0.05) is 35.4 Å². The van der Waals surface area contributed by atoms with E-state index in [9.17, 15) is 14.4 Å². The molecule has 3 amide bonds. The van der Waals surface area contributed by atoms with Crippen molar-refractivity contribution in [3.8, 4) is 11.1 Å². The van der Waals surface area contributed by atoms with Crippen LogP contribution in [0.25, 0.3) is 11.1 Å². The summed E-state index contributed by atoms with van der Waals surface area (Å²) in [6.07, 6.45) is 3.04. The van der Waals surface area contributed by atoms with Crippen LogP contribution in [0, 0.1) is 11.8 Å². The SMILES string of the molecule is CC(C)(C)OC(=O)NCC1CCC(C(=O)NCC(c2ccccc2)c2cc(-c3ccc(C(N)=O)cc3)cs2)CC1. The second kappa shape index (κ2) is 13.1. The topological polar surface area (TPSA) is 111 Å². The number of nitrogens with two attached hydrogens (primary N) is 1. The number of primary amides is 1. The highest BCUT2D eigenvalue weighted by Crippen LogP contribution is 2.34. The van der Waals surface area contributed by atoms with Crippen LogP contribution in [-0.2, 0) is 9.53 Å². The van der Waals surface area contributed by atoms with Gasteiger partial charge in [0.15, 0.2) is 0 Å². The summed E-state index contributed by atoms with van der Waals surface area (Å²) in [7, 11) is 0. The van der Waals surface area contributed by atoms with Crippen molar-refractivity contribution in [1.82, 2.24) is 10.6 Å². The number of thiophene rings is 1. The van der Waals surface area contributed by atoms with Crippen LogP contribution in [0.2, 0.25) is 0 Å². The first kappa shape index (κ1) is 29.3. The molecule has 0 aliphatic heterocycles. The highest BCUT2D eigenvalue weighted by atomic mass is 32.1. The van der Waals surface area contributed by atoms with Crippen molar-refractivity contribution in [2.24, 2.45) is 17.6 Å². The molecule has 1 aromatic heterocycles. The van der Waals surface area contributed by atoms with Gasteiger partial charge >= 0.3 is 6.09 Å². The maximum absolute atomic E-state index is 13.2. The first-order valence-electron chi connectivity index (χ1n) is 13.9. The van der Waals surface area contributed by atoms with Crippen molar-refractivity contribution >= 4 is 29.2 Å². The second-order valence-corrected chi connectivity index (χ2v) is 12.4. The zero-order valence-corrected chi connectivity index (χ0v) is 24.3. The fraction of sp³-hybridized carbons (Fsp3) is 0.406. The molecule has 7 nitrogen and oxygen atoms in total. The largest absolute Gasteiger partial charge is 0.444 e. The van der Waals surface area contributed by atoms with Crippen molar-refractivity contribution < 1.29 is 19.1 Å². The lowest BCUT2D eigenvalue weighted by Crippen LogP contribution is -2.38. The number of amides is 3. The van der Waals surface area contributed by atoms with Crippen LogP contribution in [0.5, 0.6) is 0 Å². The Kier molecular flexibility index (Phi) is 9.63. The van der Waals surface area contributed by atoms with Gasteiger partial charge in [0.05, 0.1) is 0 Å². The summed E-state index contributed by atoms with van der Waals surface area (Å²) in [6.45, 7) is 6.64. The van der Waals surface area contributed by atoms with Gasteiger partial charge in [-0.05, 0) is 92.6 Å². The van der Waals surface area contributed by atoms with Crippen LogP contribution in [0.3, 0.4) is 0 Å². The van der Waals surface area contributed by atoms with E-state index in [4.69, 9.17) is 10.5 Å². The molecule has 0 saturated heterocycles. The third kappa shape index (κ3) is 8.18. The fourth-order valence-corrected chi connectivity index (χ4v) is 6.15. The van der Waals surface area contributed by atoms with Gasteiger partial charge in [0.1, 0.15) is 5.60 Å². The highest BCUT2D eigenvalue weighted by Gasteiger charge is 2.28. The molecule has 40 heavy (non-hydrogen) atoms. The second-order valence-electron chi connectivity index (χ2n) is 11.5. The zero-order valence-electron chi connectivity index (χ0n) is 23.4. The molecule has 1 aliphatic rings. The summed E-state index contributed by atoms with van der Waals surface area (Å²) in [5.41, 5.74) is 8.59. The van der Waals surface area contributed by atoms with Crippen LogP contribution in [0.1, 0.15) is 73.2 Å². The van der Waals surface area contributed by atoms with Crippen LogP contribution >= 0.6 is 11.3 Å². The van der Waals surface area contributed by atoms with Gasteiger partial charge in [-0.3, -0.25) is 9.59 Å². The zero-order chi connectivity index (χ0) is 28.7. The summed E-state index contributed by atoms with van der Waals surface area (Å²) in [5, 5.41) is 8.22. The number of benzene rings is 2. The number of alkyl carbamates (subject to hydrolysis) is 1. The number of hydrogen-bond acceptors (Lipinski definition) is 5. The number of carbonyl (C=O) groups excluding carboxylic acids is 3. The normalized spacial score (nSPS) is 18.0. The first-order valence-corrected chi connectivity index (χ1v) is 14.7. The van der Waals surface area contributed by atoms with Crippen molar-refractivity contribution in [3.63, 3.8) is 0 Å². The number of rotatable bonds is 9. The molecule has 1 fully saturated rings. The minimum atomic E-state index is -0.514. The quantitative estimate of drug-likeness (QED) is 0.293. The standard InChI is InChI=1S/C32H39N3O4S/c1-32(2,3)39-31(38)35-18-21-9-11-25(12-10-21)30(37)34-19-27(23-7-5-4-6-8-23)28-17-26(20-40-28)22-13-15-24(16-14-22)29(33)36/h4-8,13-17,20-21,25,27H,9-12,18-19H2,1-3H3,(H2,33,36)(H,34,37)(H,35,38). The number of ether oxygens (including phenoxy) is 1. The van der Waals surface area contributed by atoms with Crippen LogP contribution in [0.4, 0.5) is 4.79 Å². The molecular weight excluding hydrogens is 522 g/mol. The van der Waals surface area contributed by atoms with E-state index in [-0.39, 0.29) is 17.7 Å². The molecule has 3 aromatic rings. The molecule has 2 aromatic carbocycles. The minimum absolute atomic E-state index is 0.0168. The van der Waals surface area contributed by atoms with E-state index in [1.807, 2.05) is 51.1 Å². The highest BCUT2D eigenvalue weighted by molar-refractivity contribution is 7.10. The average Bonchev–Trinajstić information content (AvgIpc) is 3.42. The summed E-state index contributed by atoms with van der Waals surface area (Å²) in [5.74, 6) is 0.0249. The van der Waals surface area contributed by atoms with E-state index in [1.54, 1.807) is 23.5 Å². The Hall–Kier alpha value is -3.65. The Bertz CT molecular complexity index is 1290. The lowest BCUT2D eigenvalue weighted by molar-refractivity contribution is -0.126. The Labute approximate surface area is 240 Å². The summed E-state index contributed by atoms with van der Waals surface area (Å²) in [6, 6.07) is 19.7. The van der Waals surface area contributed by atoms with Gasteiger partial charge in [-0.15, -0.1) is 11.3 Å². The Morgan fingerprint density at radius 1 is 0.950 bits per heavy atom. The molecule has 8 heteroatoms. The minimum Gasteiger partial charge on any atom is -0.444 e. The molecule has 212 valence electrons. The Balaban J connectivity index is 1.34. The van der Waals surface area contributed by atoms with Crippen LogP contribution in [0.15, 0.2) is 66.0 Å². The van der Waals surface area contributed by atoms with E-state index in [2.05, 4.69) is 34.2 Å². The summed E-state index contributed by atoms with van der Waals surface area (Å²) in [4.78, 5) is 37.7. The van der Waals surface area contributed by atoms with Crippen molar-refractivity contribution in [1.29, 1.82) is 0 Å². The molecule has 4 rings (SSSR count). The van der Waals surface area contributed by atoms with Gasteiger partial charge in [0.2, 0.25) is 11.8 Å². The maximum atomic E-state index is 13.2. The van der Waals surface area contributed by atoms with Gasteiger partial charge in [0.25, 0.3) is 0 Å². The fourth-order valence-electron chi connectivity index (χ4n) is 5.10. The maximum Gasteiger partial charge on any atom is 0.407 e. The number of carbonyl (C=O) groups is 3. The van der Waals surface area contributed by atoms with E-state index in [0.29, 0.717) is 24.6 Å². The average molecular weight is 562 g/mol. The van der Waals surface area contributed by atoms with Crippen molar-refractivity contribution in [2.75, 3.05) is 13.1 Å². The lowest BCUT2D eigenvalue weighted by atomic mass is 9.81. The molecular formula is C32H39N3O4S. The molecule has 1 unspecified atom stereocenters. The molecule has 1 aliphatic carbocycles. The first-order chi connectivity index (χ1) is 19.1. The number of hydrogen-bond donors (Lipinski definition) is 3. The summed E-state index contributed by atoms with van der Waals surface area (Å²) >= 11 is 1.67. The smallest absolute Gasteiger partial charge is 0.407 e. The van der Waals surface area contributed by atoms with Gasteiger partial charge in [-0.1, -0.05) is 42.5 Å². The molecule has 0 bridgehead atoms. The van der Waals surface area contributed by atoms with Gasteiger partial charge in [-0.25, -0.2) is 4.79 Å². The molecule has 1 saturated carbocycles. The molecule has 1 heterocycles.